The van der Waals surface area contributed by atoms with Gasteiger partial charge in [0.2, 0.25) is 5.91 Å². The van der Waals surface area contributed by atoms with Crippen LogP contribution >= 0.6 is 8.25 Å². The minimum Gasteiger partial charge on any atom is -0.326 e. The highest BCUT2D eigenvalue weighted by atomic mass is 31.1. The Morgan fingerprint density at radius 2 is 1.89 bits per heavy atom. The predicted octanol–water partition coefficient (Wildman–Crippen LogP) is 3.75. The van der Waals surface area contributed by atoms with E-state index in [9.17, 15) is 13.8 Å². The van der Waals surface area contributed by atoms with Crippen LogP contribution in [0, 0.1) is 5.82 Å². The normalized spacial score (nSPS) is 11.3. The number of benzene rings is 2. The number of carbonyl (C=O) groups is 1. The summed E-state index contributed by atoms with van der Waals surface area (Å²) in [4.78, 5) is 25.0. The lowest BCUT2D eigenvalue weighted by molar-refractivity contribution is -0.116. The van der Waals surface area contributed by atoms with Crippen molar-refractivity contribution in [1.29, 1.82) is 0 Å². The van der Waals surface area contributed by atoms with E-state index in [-0.39, 0.29) is 24.8 Å². The minimum absolute atomic E-state index is 0.0211. The van der Waals surface area contributed by atoms with Crippen LogP contribution in [0.5, 0.6) is 0 Å². The van der Waals surface area contributed by atoms with Crippen molar-refractivity contribution in [3.63, 3.8) is 0 Å². The van der Waals surface area contributed by atoms with E-state index in [1.54, 1.807) is 48.9 Å². The number of halogens is 1. The van der Waals surface area contributed by atoms with Gasteiger partial charge in [0.25, 0.3) is 0 Å². The van der Waals surface area contributed by atoms with Gasteiger partial charge in [-0.25, -0.2) is 9.37 Å². The van der Waals surface area contributed by atoms with Crippen molar-refractivity contribution in [1.82, 2.24) is 9.55 Å². The molecule has 0 fully saturated rings. The average molecular weight is 402 g/mol. The second kappa shape index (κ2) is 9.32. The van der Waals surface area contributed by atoms with Gasteiger partial charge in [-0.05, 0) is 48.4 Å². The lowest BCUT2D eigenvalue weighted by atomic mass is 10.2. The van der Waals surface area contributed by atoms with E-state index >= 15 is 0 Å². The molecule has 0 saturated heterocycles. The second-order valence-corrected chi connectivity index (χ2v) is 6.72. The number of imidazole rings is 1. The van der Waals surface area contributed by atoms with Crippen LogP contribution in [0.15, 0.2) is 61.1 Å². The molecule has 1 atom stereocenters. The molecular weight excluding hydrogens is 384 g/mol. The fourth-order valence-electron chi connectivity index (χ4n) is 2.62. The molecule has 1 amide bonds. The van der Waals surface area contributed by atoms with Gasteiger partial charge in [0.1, 0.15) is 12.4 Å². The molecule has 9 heteroatoms. The van der Waals surface area contributed by atoms with E-state index in [4.69, 9.17) is 4.89 Å². The molecule has 144 valence electrons. The molecule has 1 heterocycles. The lowest BCUT2D eigenvalue weighted by Gasteiger charge is -2.09. The van der Waals surface area contributed by atoms with Crippen molar-refractivity contribution >= 4 is 19.8 Å². The summed E-state index contributed by atoms with van der Waals surface area (Å²) in [6, 6.07) is 12.9. The van der Waals surface area contributed by atoms with Crippen LogP contribution in [0.4, 0.5) is 10.1 Å². The first-order valence-corrected chi connectivity index (χ1v) is 9.59. The van der Waals surface area contributed by atoms with E-state index < -0.39 is 8.25 Å². The Kier molecular flexibility index (Phi) is 6.60. The number of carbonyl (C=O) groups excluding carboxylic acids is 1. The molecule has 3 rings (SSSR count). The number of rotatable bonds is 8. The first kappa shape index (κ1) is 19.8. The van der Waals surface area contributed by atoms with Gasteiger partial charge < -0.3 is 9.88 Å². The first-order chi connectivity index (χ1) is 13.5. The molecule has 3 aromatic rings. The molecule has 1 unspecified atom stereocenters. The van der Waals surface area contributed by atoms with E-state index in [1.165, 1.54) is 12.1 Å². The van der Waals surface area contributed by atoms with Gasteiger partial charge >= 0.3 is 8.25 Å². The highest BCUT2D eigenvalue weighted by Gasteiger charge is 2.12. The molecule has 28 heavy (non-hydrogen) atoms. The van der Waals surface area contributed by atoms with Crippen LogP contribution in [-0.2, 0) is 26.9 Å². The van der Waals surface area contributed by atoms with E-state index in [2.05, 4.69) is 14.8 Å². The Bertz CT molecular complexity index is 958. The van der Waals surface area contributed by atoms with Crippen LogP contribution < -0.4 is 5.32 Å². The van der Waals surface area contributed by atoms with Crippen molar-refractivity contribution in [2.75, 3.05) is 5.32 Å². The molecule has 0 aliphatic carbocycles. The Balaban J connectivity index is 1.54. The van der Waals surface area contributed by atoms with Gasteiger partial charge in [0, 0.05) is 34.3 Å². The zero-order chi connectivity index (χ0) is 19.9. The summed E-state index contributed by atoms with van der Waals surface area (Å²) < 4.78 is 30.1. The average Bonchev–Trinajstić information content (AvgIpc) is 3.15. The first-order valence-electron chi connectivity index (χ1n) is 8.46. The molecule has 0 bridgehead atoms. The molecule has 2 aromatic carbocycles. The van der Waals surface area contributed by atoms with Crippen LogP contribution in [0.1, 0.15) is 17.7 Å². The van der Waals surface area contributed by atoms with Gasteiger partial charge in [0.05, 0.1) is 6.33 Å². The summed E-state index contributed by atoms with van der Waals surface area (Å²) in [6.45, 7) is 0.0211. The molecule has 2 N–H and O–H groups in total. The van der Waals surface area contributed by atoms with Gasteiger partial charge in [-0.15, -0.1) is 9.42 Å². The Morgan fingerprint density at radius 1 is 1.18 bits per heavy atom. The maximum atomic E-state index is 13.1. The maximum Gasteiger partial charge on any atom is 0.695 e. The number of aromatic nitrogens is 2. The monoisotopic (exact) mass is 402 g/mol. The smallest absolute Gasteiger partial charge is 0.326 e. The third-order valence-electron chi connectivity index (χ3n) is 4.01. The van der Waals surface area contributed by atoms with Gasteiger partial charge in [-0.3, -0.25) is 4.79 Å². The third-order valence-corrected chi connectivity index (χ3v) is 4.36. The van der Waals surface area contributed by atoms with Crippen LogP contribution in [-0.4, -0.2) is 20.4 Å². The van der Waals surface area contributed by atoms with Crippen LogP contribution in [0.3, 0.4) is 0 Å². The summed E-state index contributed by atoms with van der Waals surface area (Å²) in [6.07, 6.45) is 4.03. The lowest BCUT2D eigenvalue weighted by Crippen LogP contribution is -2.13. The summed E-state index contributed by atoms with van der Waals surface area (Å²) in [7, 11) is -2.64. The number of nitrogens with one attached hydrogen (secondary N) is 1. The molecule has 0 saturated carbocycles. The summed E-state index contributed by atoms with van der Waals surface area (Å²) in [5.41, 5.74) is 2.96. The number of aryl methyl sites for hydroxylation is 1. The SMILES string of the molecule is O=C(CCc1cncn1-c1ccc(F)cc1)Nc1ccc(CO[P+](=O)O)cc1. The number of amides is 1. The molecule has 0 radical (unpaired) electrons. The van der Waals surface area contributed by atoms with Crippen LogP contribution in [0.2, 0.25) is 0 Å². The largest absolute Gasteiger partial charge is 0.695 e. The summed E-state index contributed by atoms with van der Waals surface area (Å²) >= 11 is 0. The van der Waals surface area contributed by atoms with E-state index in [0.29, 0.717) is 12.1 Å². The number of nitrogens with zero attached hydrogens (tertiary/aromatic N) is 2. The molecule has 7 nitrogen and oxygen atoms in total. The Labute approximate surface area is 161 Å². The van der Waals surface area contributed by atoms with Gasteiger partial charge in [0.15, 0.2) is 0 Å². The van der Waals surface area contributed by atoms with E-state index in [1.807, 2.05) is 4.57 Å². The van der Waals surface area contributed by atoms with E-state index in [0.717, 1.165) is 16.9 Å². The second-order valence-electron chi connectivity index (χ2n) is 5.99. The molecule has 0 aliphatic rings. The predicted molar refractivity (Wildman–Crippen MR) is 102 cm³/mol. The standard InChI is InChI=1S/C19H17FN3O4P/c20-15-3-7-17(8-4-15)23-13-21-11-18(23)9-10-19(24)22-16-5-1-14(2-6-16)12-27-28(25)26/h1-8,11,13H,9-10,12H2,(H-,22,24,25,26)/p+1. The topological polar surface area (TPSA) is 93.5 Å². The highest BCUT2D eigenvalue weighted by molar-refractivity contribution is 7.32. The van der Waals surface area contributed by atoms with Crippen molar-refractivity contribution in [2.45, 2.75) is 19.4 Å². The quantitative estimate of drug-likeness (QED) is 0.560. The fourth-order valence-corrected chi connectivity index (χ4v) is 2.88. The zero-order valence-electron chi connectivity index (χ0n) is 14.8. The van der Waals surface area contributed by atoms with Gasteiger partial charge in [-0.1, -0.05) is 12.1 Å². The summed E-state index contributed by atoms with van der Waals surface area (Å²) in [5, 5.41) is 2.80. The minimum atomic E-state index is -2.64. The highest BCUT2D eigenvalue weighted by Crippen LogP contribution is 2.19. The molecule has 1 aromatic heterocycles. The Hall–Kier alpha value is -2.93. The molecule has 0 aliphatic heterocycles. The van der Waals surface area contributed by atoms with Crippen molar-refractivity contribution < 1.29 is 23.2 Å². The molecular formula is C19H18FN3O4P+. The number of hydrogen-bond acceptors (Lipinski definition) is 4. The fraction of sp³-hybridized carbons (Fsp3) is 0.158. The zero-order valence-corrected chi connectivity index (χ0v) is 15.7. The van der Waals surface area contributed by atoms with Crippen molar-refractivity contribution in [3.8, 4) is 5.69 Å². The maximum absolute atomic E-state index is 13.1. The third kappa shape index (κ3) is 5.53. The number of anilines is 1. The Morgan fingerprint density at radius 3 is 2.57 bits per heavy atom. The number of hydrogen-bond donors (Lipinski definition) is 2. The van der Waals surface area contributed by atoms with Crippen molar-refractivity contribution in [3.05, 3.63) is 78.1 Å². The van der Waals surface area contributed by atoms with Crippen LogP contribution in [0.25, 0.3) is 5.69 Å². The van der Waals surface area contributed by atoms with Gasteiger partial charge in [-0.2, -0.15) is 0 Å². The summed E-state index contributed by atoms with van der Waals surface area (Å²) in [5.74, 6) is -0.471. The van der Waals surface area contributed by atoms with Crippen molar-refractivity contribution in [2.24, 2.45) is 0 Å². The molecule has 0 spiro atoms.